The summed E-state index contributed by atoms with van der Waals surface area (Å²) in [6.07, 6.45) is 0.625. The molecule has 0 saturated carbocycles. The standard InChI is InChI=1S/C4H10N2O3S/c5-4-1-2-6(3-4)10(7,8)9/h4H,1-3,5H2,(H,7,8,9). The third-order valence-corrected chi connectivity index (χ3v) is 2.50. The molecule has 0 aliphatic carbocycles. The molecule has 3 N–H and O–H groups in total. The third-order valence-electron chi connectivity index (χ3n) is 1.51. The second kappa shape index (κ2) is 2.46. The second-order valence-electron chi connectivity index (χ2n) is 2.38. The van der Waals surface area contributed by atoms with E-state index < -0.39 is 10.3 Å². The van der Waals surface area contributed by atoms with E-state index in [1.54, 1.807) is 0 Å². The van der Waals surface area contributed by atoms with Gasteiger partial charge in [0.25, 0.3) is 0 Å². The van der Waals surface area contributed by atoms with Gasteiger partial charge in [-0.05, 0) is 6.42 Å². The van der Waals surface area contributed by atoms with Crippen LogP contribution >= 0.6 is 0 Å². The SMILES string of the molecule is NC1CCN(S(=O)(=O)O)C1. The fourth-order valence-corrected chi connectivity index (χ4v) is 1.68. The van der Waals surface area contributed by atoms with E-state index in [9.17, 15) is 8.42 Å². The molecular formula is C4H10N2O3S. The van der Waals surface area contributed by atoms with Gasteiger partial charge in [-0.1, -0.05) is 0 Å². The predicted octanol–water partition coefficient (Wildman–Crippen LogP) is -1.18. The highest BCUT2D eigenvalue weighted by molar-refractivity contribution is 7.83. The Bertz CT molecular complexity index is 213. The van der Waals surface area contributed by atoms with Gasteiger partial charge in [-0.2, -0.15) is 12.7 Å². The molecule has 1 saturated heterocycles. The van der Waals surface area contributed by atoms with Crippen LogP contribution in [0.15, 0.2) is 0 Å². The van der Waals surface area contributed by atoms with Gasteiger partial charge in [0.15, 0.2) is 0 Å². The van der Waals surface area contributed by atoms with E-state index in [-0.39, 0.29) is 12.6 Å². The summed E-state index contributed by atoms with van der Waals surface area (Å²) in [5, 5.41) is 0. The van der Waals surface area contributed by atoms with Crippen LogP contribution in [0.3, 0.4) is 0 Å². The Morgan fingerprint density at radius 1 is 1.60 bits per heavy atom. The molecule has 60 valence electrons. The first-order chi connectivity index (χ1) is 4.50. The zero-order valence-electron chi connectivity index (χ0n) is 5.40. The molecule has 1 atom stereocenters. The van der Waals surface area contributed by atoms with Crippen LogP contribution in [0.1, 0.15) is 6.42 Å². The molecule has 0 radical (unpaired) electrons. The molecule has 0 amide bonds. The van der Waals surface area contributed by atoms with E-state index in [1.807, 2.05) is 0 Å². The van der Waals surface area contributed by atoms with Crippen molar-refractivity contribution in [2.45, 2.75) is 12.5 Å². The number of hydrogen-bond acceptors (Lipinski definition) is 3. The second-order valence-corrected chi connectivity index (χ2v) is 3.80. The van der Waals surface area contributed by atoms with Crippen LogP contribution in [-0.2, 0) is 10.3 Å². The van der Waals surface area contributed by atoms with Crippen LogP contribution in [0.4, 0.5) is 0 Å². The number of rotatable bonds is 1. The lowest BCUT2D eigenvalue weighted by Gasteiger charge is -2.08. The average Bonchev–Trinajstić information content (AvgIpc) is 2.11. The van der Waals surface area contributed by atoms with E-state index in [0.717, 1.165) is 4.31 Å². The van der Waals surface area contributed by atoms with Crippen LogP contribution < -0.4 is 5.73 Å². The van der Waals surface area contributed by atoms with Gasteiger partial charge in [-0.3, -0.25) is 4.55 Å². The van der Waals surface area contributed by atoms with Crippen molar-refractivity contribution in [2.24, 2.45) is 5.73 Å². The first-order valence-corrected chi connectivity index (χ1v) is 4.38. The van der Waals surface area contributed by atoms with E-state index in [2.05, 4.69) is 0 Å². The summed E-state index contributed by atoms with van der Waals surface area (Å²) in [6, 6.07) is -0.123. The fourth-order valence-electron chi connectivity index (χ4n) is 0.964. The van der Waals surface area contributed by atoms with Crippen LogP contribution in [0.5, 0.6) is 0 Å². The van der Waals surface area contributed by atoms with Crippen molar-refractivity contribution in [3.63, 3.8) is 0 Å². The van der Waals surface area contributed by atoms with E-state index in [1.165, 1.54) is 0 Å². The smallest absolute Gasteiger partial charge is 0.326 e. The van der Waals surface area contributed by atoms with Gasteiger partial charge in [0.1, 0.15) is 0 Å². The first kappa shape index (κ1) is 7.93. The molecule has 1 fully saturated rings. The first-order valence-electron chi connectivity index (χ1n) is 2.98. The monoisotopic (exact) mass is 166 g/mol. The van der Waals surface area contributed by atoms with Crippen molar-refractivity contribution in [3.05, 3.63) is 0 Å². The van der Waals surface area contributed by atoms with Crippen molar-refractivity contribution in [1.29, 1.82) is 0 Å². The normalized spacial score (nSPS) is 29.2. The largest absolute Gasteiger partial charge is 0.335 e. The third kappa shape index (κ3) is 1.66. The zero-order valence-corrected chi connectivity index (χ0v) is 6.21. The Morgan fingerprint density at radius 3 is 2.40 bits per heavy atom. The van der Waals surface area contributed by atoms with Gasteiger partial charge in [0.05, 0.1) is 0 Å². The average molecular weight is 166 g/mol. The summed E-state index contributed by atoms with van der Waals surface area (Å²) < 4.78 is 30.3. The molecular weight excluding hydrogens is 156 g/mol. The molecule has 10 heavy (non-hydrogen) atoms. The van der Waals surface area contributed by atoms with E-state index in [0.29, 0.717) is 13.0 Å². The predicted molar refractivity (Wildman–Crippen MR) is 35.7 cm³/mol. The number of nitrogens with two attached hydrogens (primary N) is 1. The van der Waals surface area contributed by atoms with Crippen LogP contribution in [-0.4, -0.2) is 36.4 Å². The Morgan fingerprint density at radius 2 is 2.20 bits per heavy atom. The molecule has 6 heteroatoms. The Kier molecular flexibility index (Phi) is 1.95. The van der Waals surface area contributed by atoms with Gasteiger partial charge in [-0.25, -0.2) is 0 Å². The molecule has 1 heterocycles. The minimum absolute atomic E-state index is 0.123. The summed E-state index contributed by atoms with van der Waals surface area (Å²) in [7, 11) is -3.98. The highest BCUT2D eigenvalue weighted by atomic mass is 32.2. The van der Waals surface area contributed by atoms with Crippen LogP contribution in [0.2, 0.25) is 0 Å². The highest BCUT2D eigenvalue weighted by Crippen LogP contribution is 2.09. The van der Waals surface area contributed by atoms with Gasteiger partial charge in [-0.15, -0.1) is 0 Å². The molecule has 5 nitrogen and oxygen atoms in total. The van der Waals surface area contributed by atoms with Gasteiger partial charge in [0.2, 0.25) is 0 Å². The van der Waals surface area contributed by atoms with Crippen molar-refractivity contribution in [2.75, 3.05) is 13.1 Å². The van der Waals surface area contributed by atoms with Crippen LogP contribution in [0.25, 0.3) is 0 Å². The van der Waals surface area contributed by atoms with Crippen molar-refractivity contribution < 1.29 is 13.0 Å². The molecule has 0 bridgehead atoms. The van der Waals surface area contributed by atoms with Crippen molar-refractivity contribution in [3.8, 4) is 0 Å². The molecule has 1 aliphatic rings. The summed E-state index contributed by atoms with van der Waals surface area (Å²) in [5.74, 6) is 0. The molecule has 0 aromatic heterocycles. The Hall–Kier alpha value is -0.170. The maximum absolute atomic E-state index is 10.4. The molecule has 1 rings (SSSR count). The van der Waals surface area contributed by atoms with Gasteiger partial charge < -0.3 is 5.73 Å². The fraction of sp³-hybridized carbons (Fsp3) is 1.00. The maximum Gasteiger partial charge on any atom is 0.335 e. The van der Waals surface area contributed by atoms with Crippen molar-refractivity contribution >= 4 is 10.3 Å². The van der Waals surface area contributed by atoms with Gasteiger partial charge in [0, 0.05) is 19.1 Å². The molecule has 1 unspecified atom stereocenters. The lowest BCUT2D eigenvalue weighted by molar-refractivity contribution is 0.387. The minimum atomic E-state index is -3.98. The zero-order chi connectivity index (χ0) is 7.78. The number of nitrogens with zero attached hydrogens (tertiary/aromatic N) is 1. The number of hydrogen-bond donors (Lipinski definition) is 2. The molecule has 0 aromatic carbocycles. The van der Waals surface area contributed by atoms with Gasteiger partial charge >= 0.3 is 10.3 Å². The van der Waals surface area contributed by atoms with Crippen LogP contribution in [0, 0.1) is 0 Å². The summed E-state index contributed by atoms with van der Waals surface area (Å²) >= 11 is 0. The highest BCUT2D eigenvalue weighted by Gasteiger charge is 2.27. The molecule has 0 aromatic rings. The lowest BCUT2D eigenvalue weighted by Crippen LogP contribution is -2.31. The van der Waals surface area contributed by atoms with E-state index in [4.69, 9.17) is 10.3 Å². The topological polar surface area (TPSA) is 83.6 Å². The summed E-state index contributed by atoms with van der Waals surface area (Å²) in [4.78, 5) is 0. The maximum atomic E-state index is 10.4. The quantitative estimate of drug-likeness (QED) is 0.480. The summed E-state index contributed by atoms with van der Waals surface area (Å²) in [6.45, 7) is 0.568. The summed E-state index contributed by atoms with van der Waals surface area (Å²) in [5.41, 5.74) is 5.40. The van der Waals surface area contributed by atoms with Crippen molar-refractivity contribution in [1.82, 2.24) is 4.31 Å². The molecule has 0 spiro atoms. The Labute approximate surface area is 59.7 Å². The Balaban J connectivity index is 2.62. The minimum Gasteiger partial charge on any atom is -0.326 e. The van der Waals surface area contributed by atoms with E-state index >= 15 is 0 Å². The lowest BCUT2D eigenvalue weighted by atomic mass is 10.3. The molecule has 1 aliphatic heterocycles.